The van der Waals surface area contributed by atoms with Crippen LogP contribution in [0.2, 0.25) is 0 Å². The van der Waals surface area contributed by atoms with Crippen LogP contribution in [0.15, 0.2) is 60.0 Å². The predicted octanol–water partition coefficient (Wildman–Crippen LogP) is 4.02. The van der Waals surface area contributed by atoms with Gasteiger partial charge in [-0.05, 0) is 43.2 Å². The molecule has 0 radical (unpaired) electrons. The Labute approximate surface area is 236 Å². The van der Waals surface area contributed by atoms with Crippen LogP contribution in [0.1, 0.15) is 30.5 Å². The number of amides is 2. The molecule has 2 saturated heterocycles. The Morgan fingerprint density at radius 1 is 1.20 bits per heavy atom. The Bertz CT molecular complexity index is 1380. The first-order chi connectivity index (χ1) is 19.4. The maximum atomic E-state index is 13.6. The lowest BCUT2D eigenvalue weighted by Crippen LogP contribution is -2.53. The fourth-order valence-corrected chi connectivity index (χ4v) is 6.36. The van der Waals surface area contributed by atoms with E-state index in [0.717, 1.165) is 21.8 Å². The van der Waals surface area contributed by atoms with Gasteiger partial charge in [0, 0.05) is 30.0 Å². The number of hydrogen-bond acceptors (Lipinski definition) is 7. The molecule has 1 aromatic heterocycles. The molecule has 0 bridgehead atoms. The largest absolute Gasteiger partial charge is 0.445 e. The zero-order valence-corrected chi connectivity index (χ0v) is 22.9. The Hall–Kier alpha value is -3.78. The predicted molar refractivity (Wildman–Crippen MR) is 150 cm³/mol. The molecule has 2 fully saturated rings. The van der Waals surface area contributed by atoms with Crippen molar-refractivity contribution in [2.24, 2.45) is 5.73 Å². The van der Waals surface area contributed by atoms with Crippen LogP contribution in [0.4, 0.5) is 9.18 Å². The van der Waals surface area contributed by atoms with Gasteiger partial charge in [-0.25, -0.2) is 14.2 Å². The van der Waals surface area contributed by atoms with Crippen molar-refractivity contribution in [3.8, 4) is 22.9 Å². The molecule has 3 heterocycles. The smallest absolute Gasteiger partial charge is 0.410 e. The fraction of sp³-hybridized carbons (Fsp3) is 0.367. The number of thiazole rings is 1. The van der Waals surface area contributed by atoms with E-state index in [1.54, 1.807) is 28.9 Å². The highest BCUT2D eigenvalue weighted by Gasteiger charge is 2.54. The summed E-state index contributed by atoms with van der Waals surface area (Å²) < 4.78 is 24.7. The maximum Gasteiger partial charge on any atom is 0.410 e. The second kappa shape index (κ2) is 12.2. The first-order valence-electron chi connectivity index (χ1n) is 13.2. The van der Waals surface area contributed by atoms with Crippen LogP contribution in [0.5, 0.6) is 0 Å². The summed E-state index contributed by atoms with van der Waals surface area (Å²) in [5.74, 6) is 1.58. The van der Waals surface area contributed by atoms with Crippen molar-refractivity contribution in [2.75, 3.05) is 19.7 Å². The minimum absolute atomic E-state index is 0.0584. The topological polar surface area (TPSA) is 98.0 Å². The van der Waals surface area contributed by atoms with Crippen LogP contribution in [-0.2, 0) is 20.9 Å². The normalized spacial score (nSPS) is 21.5. The van der Waals surface area contributed by atoms with Crippen molar-refractivity contribution >= 4 is 23.3 Å². The van der Waals surface area contributed by atoms with E-state index < -0.39 is 18.2 Å². The molecule has 0 saturated carbocycles. The van der Waals surface area contributed by atoms with E-state index in [-0.39, 0.29) is 42.9 Å². The minimum Gasteiger partial charge on any atom is -0.445 e. The molecule has 40 heavy (non-hydrogen) atoms. The number of benzene rings is 2. The van der Waals surface area contributed by atoms with Gasteiger partial charge in [-0.15, -0.1) is 17.8 Å². The Balaban J connectivity index is 1.40. The van der Waals surface area contributed by atoms with E-state index in [1.807, 2.05) is 35.7 Å². The summed E-state index contributed by atoms with van der Waals surface area (Å²) >= 11 is 1.44. The molecular weight excluding hydrogens is 531 g/mol. The first kappa shape index (κ1) is 27.8. The molecule has 2 aliphatic rings. The van der Waals surface area contributed by atoms with Gasteiger partial charge in [0.15, 0.2) is 0 Å². The summed E-state index contributed by atoms with van der Waals surface area (Å²) in [5, 5.41) is 2.68. The zero-order valence-electron chi connectivity index (χ0n) is 22.1. The molecule has 10 heteroatoms. The van der Waals surface area contributed by atoms with Crippen molar-refractivity contribution in [3.63, 3.8) is 0 Å². The second-order valence-electron chi connectivity index (χ2n) is 10.0. The van der Waals surface area contributed by atoms with Gasteiger partial charge < -0.3 is 25.0 Å². The Kier molecular flexibility index (Phi) is 8.45. The SMILES string of the molecule is C#CCO[C@H](C)[C@H](N)C(=O)N1CC[C@@H]2[C@H]1[C@@H](c1csc(-c3ccc(F)cc3)n1)CN2C(=O)OCc1ccccc1. The molecular formula is C30H31FN4O4S. The number of ether oxygens (including phenoxy) is 2. The highest BCUT2D eigenvalue weighted by atomic mass is 32.1. The number of carbonyl (C=O) groups excluding carboxylic acids is 2. The number of fused-ring (bicyclic) bond motifs is 1. The quantitative estimate of drug-likeness (QED) is 0.417. The van der Waals surface area contributed by atoms with Gasteiger partial charge in [-0.3, -0.25) is 4.79 Å². The zero-order chi connectivity index (χ0) is 28.2. The number of rotatable bonds is 8. The van der Waals surface area contributed by atoms with Crippen LogP contribution in [-0.4, -0.2) is 70.7 Å². The second-order valence-corrected chi connectivity index (χ2v) is 10.9. The number of nitrogens with zero attached hydrogens (tertiary/aromatic N) is 3. The molecule has 2 aromatic carbocycles. The Morgan fingerprint density at radius 3 is 2.67 bits per heavy atom. The number of hydrogen-bond donors (Lipinski definition) is 1. The highest BCUT2D eigenvalue weighted by Crippen LogP contribution is 2.42. The highest BCUT2D eigenvalue weighted by molar-refractivity contribution is 7.13. The van der Waals surface area contributed by atoms with Gasteiger partial charge in [0.2, 0.25) is 5.91 Å². The van der Waals surface area contributed by atoms with Crippen molar-refractivity contribution in [3.05, 3.63) is 77.1 Å². The first-order valence-corrected chi connectivity index (χ1v) is 14.0. The molecule has 2 N–H and O–H groups in total. The van der Waals surface area contributed by atoms with Crippen LogP contribution in [0, 0.1) is 18.2 Å². The fourth-order valence-electron chi connectivity index (χ4n) is 5.47. The standard InChI is InChI=1S/C30H31FN4O4S/c1-3-15-38-19(2)26(32)29(36)34-14-13-25-27(34)23(16-35(25)30(37)39-17-20-7-5-4-6-8-20)24-18-40-28(33-24)21-9-11-22(31)12-10-21/h1,4-12,18-19,23,25-27H,13-17,32H2,2H3/t19-,23-,25-,26+,27-/m1/s1. The summed E-state index contributed by atoms with van der Waals surface area (Å²) in [6, 6.07) is 14.2. The molecule has 0 unspecified atom stereocenters. The van der Waals surface area contributed by atoms with E-state index in [1.165, 1.54) is 23.5 Å². The monoisotopic (exact) mass is 562 g/mol. The number of halogens is 1. The van der Waals surface area contributed by atoms with E-state index in [0.29, 0.717) is 19.5 Å². The summed E-state index contributed by atoms with van der Waals surface area (Å²) in [6.45, 7) is 2.72. The van der Waals surface area contributed by atoms with Crippen molar-refractivity contribution < 1.29 is 23.5 Å². The van der Waals surface area contributed by atoms with E-state index in [2.05, 4.69) is 5.92 Å². The third kappa shape index (κ3) is 5.72. The summed E-state index contributed by atoms with van der Waals surface area (Å²) in [5.41, 5.74) is 8.77. The van der Waals surface area contributed by atoms with Gasteiger partial charge >= 0.3 is 6.09 Å². The lowest BCUT2D eigenvalue weighted by Gasteiger charge is -2.31. The maximum absolute atomic E-state index is 13.6. The number of aromatic nitrogens is 1. The van der Waals surface area contributed by atoms with Crippen LogP contribution >= 0.6 is 11.3 Å². The molecule has 0 aliphatic carbocycles. The van der Waals surface area contributed by atoms with Crippen molar-refractivity contribution in [2.45, 2.75) is 50.1 Å². The lowest BCUT2D eigenvalue weighted by atomic mass is 9.96. The lowest BCUT2D eigenvalue weighted by molar-refractivity contribution is -0.136. The van der Waals surface area contributed by atoms with Crippen LogP contribution < -0.4 is 5.73 Å². The van der Waals surface area contributed by atoms with E-state index in [9.17, 15) is 14.0 Å². The average Bonchev–Trinajstić information content (AvgIpc) is 3.71. The van der Waals surface area contributed by atoms with E-state index in [4.69, 9.17) is 26.6 Å². The van der Waals surface area contributed by atoms with Gasteiger partial charge in [0.25, 0.3) is 0 Å². The van der Waals surface area contributed by atoms with Gasteiger partial charge in [-0.2, -0.15) is 0 Å². The van der Waals surface area contributed by atoms with Crippen LogP contribution in [0.3, 0.4) is 0 Å². The van der Waals surface area contributed by atoms with Crippen molar-refractivity contribution in [1.82, 2.24) is 14.8 Å². The van der Waals surface area contributed by atoms with Crippen LogP contribution in [0.25, 0.3) is 10.6 Å². The molecule has 3 aromatic rings. The number of carbonyl (C=O) groups is 2. The molecule has 0 spiro atoms. The molecule has 5 atom stereocenters. The summed E-state index contributed by atoms with van der Waals surface area (Å²) in [7, 11) is 0. The average molecular weight is 563 g/mol. The summed E-state index contributed by atoms with van der Waals surface area (Å²) in [4.78, 5) is 35.2. The van der Waals surface area contributed by atoms with Crippen molar-refractivity contribution in [1.29, 1.82) is 0 Å². The molecule has 208 valence electrons. The third-order valence-corrected chi connectivity index (χ3v) is 8.47. The van der Waals surface area contributed by atoms with Gasteiger partial charge in [-0.1, -0.05) is 36.3 Å². The van der Waals surface area contributed by atoms with E-state index >= 15 is 0 Å². The Morgan fingerprint density at radius 2 is 1.95 bits per heavy atom. The number of nitrogens with two attached hydrogens (primary N) is 1. The number of terminal acetylenes is 1. The van der Waals surface area contributed by atoms with Gasteiger partial charge in [0.05, 0.1) is 23.9 Å². The number of likely N-dealkylation sites (tertiary alicyclic amines) is 2. The third-order valence-electron chi connectivity index (χ3n) is 7.56. The van der Waals surface area contributed by atoms with Gasteiger partial charge in [0.1, 0.15) is 30.1 Å². The minimum atomic E-state index is -0.906. The molecule has 8 nitrogen and oxygen atoms in total. The molecule has 2 amide bonds. The molecule has 5 rings (SSSR count). The summed E-state index contributed by atoms with van der Waals surface area (Å²) in [6.07, 6.45) is 4.89. The molecule has 2 aliphatic heterocycles.